The van der Waals surface area contributed by atoms with E-state index in [4.69, 9.17) is 11.5 Å². The average Bonchev–Trinajstić information content (AvgIpc) is 2.95. The molecule has 0 saturated carbocycles. The van der Waals surface area contributed by atoms with Crippen LogP contribution in [0.3, 0.4) is 0 Å². The third kappa shape index (κ3) is 25.8. The number of carbonyl (C=O) groups excluding carboxylic acids is 5. The van der Waals surface area contributed by atoms with Crippen LogP contribution in [0.15, 0.2) is 0 Å². The number of amides is 5. The predicted octanol–water partition coefficient (Wildman–Crippen LogP) is -3.67. The van der Waals surface area contributed by atoms with Gasteiger partial charge in [0.15, 0.2) is 0 Å². The molecule has 0 spiro atoms. The second-order valence-corrected chi connectivity index (χ2v) is 9.42. The summed E-state index contributed by atoms with van der Waals surface area (Å²) in [7, 11) is 0. The van der Waals surface area contributed by atoms with E-state index in [1.54, 1.807) is 0 Å². The Morgan fingerprint density at radius 3 is 1.29 bits per heavy atom. The van der Waals surface area contributed by atoms with Crippen molar-refractivity contribution in [2.24, 2.45) is 11.5 Å². The summed E-state index contributed by atoms with van der Waals surface area (Å²) in [5.74, 6) is -0.372. The van der Waals surface area contributed by atoms with Gasteiger partial charge in [-0.15, -0.1) is 0 Å². The van der Waals surface area contributed by atoms with Gasteiger partial charge in [-0.1, -0.05) is 6.92 Å². The van der Waals surface area contributed by atoms with E-state index in [0.29, 0.717) is 111 Å². The SMILES string of the molecule is CCCC(=O)NCCN(CCC(=O)NCCNCCC(=O)NCCN)CCC(=O)NCCNCCC(=O)NCCN. The predicted molar refractivity (Wildman–Crippen MR) is 159 cm³/mol. The van der Waals surface area contributed by atoms with Gasteiger partial charge in [0.25, 0.3) is 0 Å². The average molecular weight is 587 g/mol. The highest BCUT2D eigenvalue weighted by atomic mass is 16.2. The van der Waals surface area contributed by atoms with Gasteiger partial charge in [0.05, 0.1) is 0 Å². The van der Waals surface area contributed by atoms with Crippen LogP contribution in [0, 0.1) is 0 Å². The summed E-state index contributed by atoms with van der Waals surface area (Å²) in [6.45, 7) is 8.49. The number of nitrogens with one attached hydrogen (secondary N) is 7. The normalized spacial score (nSPS) is 10.7. The van der Waals surface area contributed by atoms with Crippen molar-refractivity contribution in [3.8, 4) is 0 Å². The Morgan fingerprint density at radius 1 is 0.463 bits per heavy atom. The molecule has 0 fully saturated rings. The molecule has 15 heteroatoms. The summed E-state index contributed by atoms with van der Waals surface area (Å²) in [4.78, 5) is 61.4. The second kappa shape index (κ2) is 27.3. The van der Waals surface area contributed by atoms with Crippen molar-refractivity contribution < 1.29 is 24.0 Å². The van der Waals surface area contributed by atoms with Gasteiger partial charge in [-0.25, -0.2) is 0 Å². The highest BCUT2D eigenvalue weighted by Gasteiger charge is 2.12. The topological polar surface area (TPSA) is 225 Å². The Hall–Kier alpha value is -2.85. The molecule has 0 aliphatic carbocycles. The lowest BCUT2D eigenvalue weighted by atomic mass is 10.3. The van der Waals surface area contributed by atoms with Crippen molar-refractivity contribution in [1.82, 2.24) is 42.1 Å². The Kier molecular flexibility index (Phi) is 25.4. The zero-order valence-corrected chi connectivity index (χ0v) is 24.8. The van der Waals surface area contributed by atoms with E-state index in [1.807, 2.05) is 11.8 Å². The number of carbonyl (C=O) groups is 5. The molecule has 11 N–H and O–H groups in total. The van der Waals surface area contributed by atoms with Gasteiger partial charge in [-0.3, -0.25) is 24.0 Å². The highest BCUT2D eigenvalue weighted by molar-refractivity contribution is 5.77. The van der Waals surface area contributed by atoms with Crippen LogP contribution in [0.5, 0.6) is 0 Å². The molecule has 15 nitrogen and oxygen atoms in total. The zero-order valence-electron chi connectivity index (χ0n) is 24.8. The largest absolute Gasteiger partial charge is 0.355 e. The van der Waals surface area contributed by atoms with E-state index in [-0.39, 0.29) is 42.4 Å². The molecule has 0 heterocycles. The van der Waals surface area contributed by atoms with Crippen molar-refractivity contribution in [1.29, 1.82) is 0 Å². The molecule has 0 aromatic heterocycles. The summed E-state index contributed by atoms with van der Waals surface area (Å²) in [5, 5.41) is 20.2. The molecule has 238 valence electrons. The van der Waals surface area contributed by atoms with E-state index < -0.39 is 0 Å². The molecular weight excluding hydrogens is 532 g/mol. The summed E-state index contributed by atoms with van der Waals surface area (Å²) in [5.41, 5.74) is 10.7. The van der Waals surface area contributed by atoms with Crippen molar-refractivity contribution in [2.75, 3.05) is 91.6 Å². The molecule has 0 aliphatic rings. The lowest BCUT2D eigenvalue weighted by Gasteiger charge is -2.22. The maximum absolute atomic E-state index is 12.3. The summed E-state index contributed by atoms with van der Waals surface area (Å²) < 4.78 is 0. The minimum Gasteiger partial charge on any atom is -0.355 e. The molecule has 41 heavy (non-hydrogen) atoms. The van der Waals surface area contributed by atoms with Crippen molar-refractivity contribution in [3.63, 3.8) is 0 Å². The van der Waals surface area contributed by atoms with Crippen LogP contribution in [0.2, 0.25) is 0 Å². The van der Waals surface area contributed by atoms with Gasteiger partial charge in [0.1, 0.15) is 0 Å². The van der Waals surface area contributed by atoms with E-state index >= 15 is 0 Å². The number of nitrogens with zero attached hydrogens (tertiary/aromatic N) is 1. The number of hydrogen-bond donors (Lipinski definition) is 9. The van der Waals surface area contributed by atoms with E-state index in [0.717, 1.165) is 6.42 Å². The smallest absolute Gasteiger partial charge is 0.221 e. The number of nitrogens with two attached hydrogens (primary N) is 2. The molecule has 0 rings (SSSR count). The second-order valence-electron chi connectivity index (χ2n) is 9.42. The Balaban J connectivity index is 4.26. The fourth-order valence-electron chi connectivity index (χ4n) is 3.53. The van der Waals surface area contributed by atoms with Crippen LogP contribution in [0.25, 0.3) is 0 Å². The van der Waals surface area contributed by atoms with Crippen LogP contribution < -0.4 is 48.7 Å². The molecule has 0 aromatic carbocycles. The van der Waals surface area contributed by atoms with Crippen LogP contribution in [-0.4, -0.2) is 126 Å². The molecule has 0 saturated heterocycles. The third-order valence-corrected chi connectivity index (χ3v) is 5.78. The highest BCUT2D eigenvalue weighted by Crippen LogP contribution is 1.96. The van der Waals surface area contributed by atoms with Crippen molar-refractivity contribution >= 4 is 29.5 Å². The molecular formula is C26H54N10O5. The van der Waals surface area contributed by atoms with Crippen LogP contribution in [-0.2, 0) is 24.0 Å². The fourth-order valence-corrected chi connectivity index (χ4v) is 3.53. The quantitative estimate of drug-likeness (QED) is 0.0429. The van der Waals surface area contributed by atoms with Crippen LogP contribution in [0.1, 0.15) is 45.4 Å². The van der Waals surface area contributed by atoms with E-state index in [9.17, 15) is 24.0 Å². The van der Waals surface area contributed by atoms with Gasteiger partial charge in [-0.2, -0.15) is 0 Å². The first-order valence-electron chi connectivity index (χ1n) is 14.7. The molecule has 0 radical (unpaired) electrons. The van der Waals surface area contributed by atoms with Crippen LogP contribution >= 0.6 is 0 Å². The Labute approximate surface area is 244 Å². The number of hydrogen-bond acceptors (Lipinski definition) is 10. The molecule has 0 aliphatic heterocycles. The fraction of sp³-hybridized carbons (Fsp3) is 0.808. The minimum absolute atomic E-state index is 0.0170. The standard InChI is InChI=1S/C26H54N10O5/c1-2-3-22(37)35-18-21-36(19-6-25(40)33-16-14-29-10-4-23(38)31-12-8-27)20-7-26(41)34-17-15-30-11-5-24(39)32-13-9-28/h29-30H,2-21,27-28H2,1H3,(H,31,38)(H,32,39)(H,33,40)(H,34,41)(H,35,37). The van der Waals surface area contributed by atoms with Gasteiger partial charge in [0, 0.05) is 124 Å². The first-order chi connectivity index (χ1) is 19.8. The summed E-state index contributed by atoms with van der Waals surface area (Å²) in [6.07, 6.45) is 2.43. The van der Waals surface area contributed by atoms with Gasteiger partial charge in [-0.05, 0) is 6.42 Å². The maximum Gasteiger partial charge on any atom is 0.221 e. The monoisotopic (exact) mass is 586 g/mol. The lowest BCUT2D eigenvalue weighted by Crippen LogP contribution is -2.40. The molecule has 0 bridgehead atoms. The van der Waals surface area contributed by atoms with E-state index in [2.05, 4.69) is 37.2 Å². The Morgan fingerprint density at radius 2 is 0.854 bits per heavy atom. The molecule has 0 unspecified atom stereocenters. The first-order valence-corrected chi connectivity index (χ1v) is 14.7. The molecule has 5 amide bonds. The van der Waals surface area contributed by atoms with Crippen LogP contribution in [0.4, 0.5) is 0 Å². The third-order valence-electron chi connectivity index (χ3n) is 5.78. The van der Waals surface area contributed by atoms with Gasteiger partial charge >= 0.3 is 0 Å². The summed E-state index contributed by atoms with van der Waals surface area (Å²) >= 11 is 0. The zero-order chi connectivity index (χ0) is 30.6. The first kappa shape index (κ1) is 38.1. The minimum atomic E-state index is -0.111. The van der Waals surface area contributed by atoms with E-state index in [1.165, 1.54) is 0 Å². The van der Waals surface area contributed by atoms with Gasteiger partial charge < -0.3 is 53.6 Å². The molecule has 0 aromatic rings. The lowest BCUT2D eigenvalue weighted by molar-refractivity contribution is -0.123. The van der Waals surface area contributed by atoms with Crippen molar-refractivity contribution in [3.05, 3.63) is 0 Å². The van der Waals surface area contributed by atoms with Gasteiger partial charge in [0.2, 0.25) is 29.5 Å². The summed E-state index contributed by atoms with van der Waals surface area (Å²) in [6, 6.07) is 0. The molecule has 0 atom stereocenters. The Bertz CT molecular complexity index is 693. The van der Waals surface area contributed by atoms with Crippen molar-refractivity contribution in [2.45, 2.75) is 45.4 Å². The maximum atomic E-state index is 12.3. The number of rotatable bonds is 27.